The second-order valence-corrected chi connectivity index (χ2v) is 8.04. The van der Waals surface area contributed by atoms with Gasteiger partial charge in [-0.05, 0) is 55.2 Å². The number of nitrogens with one attached hydrogen (secondary N) is 1. The van der Waals surface area contributed by atoms with Crippen molar-refractivity contribution in [1.82, 2.24) is 9.55 Å². The third-order valence-electron chi connectivity index (χ3n) is 5.46. The van der Waals surface area contributed by atoms with Crippen LogP contribution in [0.25, 0.3) is 0 Å². The first-order valence-corrected chi connectivity index (χ1v) is 10.5. The minimum Gasteiger partial charge on any atom is -0.490 e. The number of ether oxygens (including phenoxy) is 1. The van der Waals surface area contributed by atoms with Crippen LogP contribution >= 0.6 is 11.6 Å². The van der Waals surface area contributed by atoms with E-state index in [0.717, 1.165) is 35.6 Å². The third-order valence-corrected chi connectivity index (χ3v) is 5.75. The van der Waals surface area contributed by atoms with Crippen LogP contribution in [-0.4, -0.2) is 29.8 Å². The van der Waals surface area contributed by atoms with Gasteiger partial charge in [-0.3, -0.25) is 4.79 Å². The van der Waals surface area contributed by atoms with Gasteiger partial charge in [-0.2, -0.15) is 4.98 Å². The van der Waals surface area contributed by atoms with E-state index in [1.165, 1.54) is 26.0 Å². The molecule has 1 saturated heterocycles. The minimum absolute atomic E-state index is 0.0436. The van der Waals surface area contributed by atoms with E-state index in [2.05, 4.69) is 33.4 Å². The summed E-state index contributed by atoms with van der Waals surface area (Å²) in [5, 5.41) is 3.35. The zero-order valence-electron chi connectivity index (χ0n) is 17.5. The first kappa shape index (κ1) is 21.2. The Morgan fingerprint density at radius 1 is 1.19 bits per heavy atom. The van der Waals surface area contributed by atoms with E-state index in [1.54, 1.807) is 22.9 Å². The fourth-order valence-corrected chi connectivity index (χ4v) is 3.91. The molecule has 2 heterocycles. The summed E-state index contributed by atoms with van der Waals surface area (Å²) in [6.07, 6.45) is 3.97. The fourth-order valence-electron chi connectivity index (χ4n) is 3.71. The molecule has 1 aromatic heterocycles. The number of halogens is 2. The van der Waals surface area contributed by atoms with Crippen LogP contribution in [-0.2, 0) is 6.54 Å². The van der Waals surface area contributed by atoms with Gasteiger partial charge in [0.05, 0.1) is 24.9 Å². The van der Waals surface area contributed by atoms with Gasteiger partial charge in [-0.1, -0.05) is 23.7 Å². The highest BCUT2D eigenvalue weighted by atomic mass is 35.5. The molecule has 6 nitrogen and oxygen atoms in total. The quantitative estimate of drug-likeness (QED) is 0.597. The maximum atomic E-state index is 13.6. The number of hydrogen-bond donors (Lipinski definition) is 1. The predicted octanol–water partition coefficient (Wildman–Crippen LogP) is 4.74. The smallest absolute Gasteiger partial charge is 0.316 e. The highest BCUT2D eigenvalue weighted by Gasteiger charge is 2.15. The molecule has 2 aromatic carbocycles. The fraction of sp³-hybridized carbons (Fsp3) is 0.304. The summed E-state index contributed by atoms with van der Waals surface area (Å²) < 4.78 is 20.5. The molecule has 0 amide bonds. The second-order valence-electron chi connectivity index (χ2n) is 7.63. The molecule has 0 bridgehead atoms. The summed E-state index contributed by atoms with van der Waals surface area (Å²) in [5.74, 6) is 0.0166. The molecule has 4 rings (SSSR count). The van der Waals surface area contributed by atoms with Crippen LogP contribution < -0.4 is 20.5 Å². The predicted molar refractivity (Wildman–Crippen MR) is 121 cm³/mol. The summed E-state index contributed by atoms with van der Waals surface area (Å²) in [6.45, 7) is 4.41. The van der Waals surface area contributed by atoms with Crippen LogP contribution in [0.4, 0.5) is 21.7 Å². The van der Waals surface area contributed by atoms with Gasteiger partial charge in [0.25, 0.3) is 0 Å². The van der Waals surface area contributed by atoms with Crippen molar-refractivity contribution in [2.75, 3.05) is 30.4 Å². The molecular weight excluding hydrogens is 419 g/mol. The number of nitrogens with zero attached hydrogens (tertiary/aromatic N) is 3. The highest BCUT2D eigenvalue weighted by molar-refractivity contribution is 6.30. The molecule has 1 N–H and O–H groups in total. The topological polar surface area (TPSA) is 59.4 Å². The highest BCUT2D eigenvalue weighted by Crippen LogP contribution is 2.28. The van der Waals surface area contributed by atoms with Gasteiger partial charge in [-0.25, -0.2) is 4.39 Å². The Kier molecular flexibility index (Phi) is 6.13. The number of rotatable bonds is 6. The van der Waals surface area contributed by atoms with Crippen molar-refractivity contribution >= 4 is 28.9 Å². The van der Waals surface area contributed by atoms with Crippen molar-refractivity contribution in [3.63, 3.8) is 0 Å². The molecular formula is C23H24ClFN4O2. The van der Waals surface area contributed by atoms with Crippen LogP contribution in [0.15, 0.2) is 47.4 Å². The maximum absolute atomic E-state index is 13.6. The maximum Gasteiger partial charge on any atom is 0.316 e. The normalized spacial score (nSPS) is 13.5. The van der Waals surface area contributed by atoms with Crippen LogP contribution in [0.2, 0.25) is 5.02 Å². The van der Waals surface area contributed by atoms with Gasteiger partial charge < -0.3 is 19.5 Å². The third kappa shape index (κ3) is 4.66. The Bertz CT molecular complexity index is 1160. The largest absolute Gasteiger partial charge is 0.490 e. The molecule has 0 saturated carbocycles. The van der Waals surface area contributed by atoms with Gasteiger partial charge in [-0.15, -0.1) is 0 Å². The van der Waals surface area contributed by atoms with Crippen LogP contribution in [0.5, 0.6) is 5.75 Å². The molecule has 0 unspecified atom stereocenters. The molecule has 0 radical (unpaired) electrons. The molecule has 0 spiro atoms. The minimum atomic E-state index is -0.478. The molecule has 1 aliphatic rings. The summed E-state index contributed by atoms with van der Waals surface area (Å²) in [7, 11) is 1.42. The Morgan fingerprint density at radius 3 is 2.68 bits per heavy atom. The lowest BCUT2D eigenvalue weighted by Gasteiger charge is -2.21. The average molecular weight is 443 g/mol. The van der Waals surface area contributed by atoms with Crippen molar-refractivity contribution in [1.29, 1.82) is 0 Å². The first-order valence-electron chi connectivity index (χ1n) is 10.2. The number of aryl methyl sites for hydroxylation is 1. The molecule has 3 aromatic rings. The van der Waals surface area contributed by atoms with Crippen molar-refractivity contribution in [3.05, 3.63) is 74.9 Å². The summed E-state index contributed by atoms with van der Waals surface area (Å²) in [4.78, 5) is 18.9. The van der Waals surface area contributed by atoms with Gasteiger partial charge in [0, 0.05) is 24.5 Å². The lowest BCUT2D eigenvalue weighted by molar-refractivity contribution is 0.402. The zero-order chi connectivity index (χ0) is 22.0. The molecule has 31 heavy (non-hydrogen) atoms. The van der Waals surface area contributed by atoms with E-state index in [9.17, 15) is 9.18 Å². The van der Waals surface area contributed by atoms with Crippen molar-refractivity contribution < 1.29 is 9.13 Å². The van der Waals surface area contributed by atoms with Gasteiger partial charge in [0.15, 0.2) is 0 Å². The number of aromatic nitrogens is 2. The van der Waals surface area contributed by atoms with Crippen molar-refractivity contribution in [2.24, 2.45) is 0 Å². The Labute approximate surface area is 185 Å². The number of benzene rings is 2. The van der Waals surface area contributed by atoms with Gasteiger partial charge in [0.2, 0.25) is 11.7 Å². The Balaban J connectivity index is 1.70. The average Bonchev–Trinajstić information content (AvgIpc) is 3.29. The lowest BCUT2D eigenvalue weighted by atomic mass is 10.1. The molecule has 0 atom stereocenters. The van der Waals surface area contributed by atoms with Crippen molar-refractivity contribution in [2.45, 2.75) is 26.3 Å². The molecule has 0 aliphatic carbocycles. The summed E-state index contributed by atoms with van der Waals surface area (Å²) >= 11 is 5.94. The van der Waals surface area contributed by atoms with Crippen LogP contribution in [0, 0.1) is 12.7 Å². The van der Waals surface area contributed by atoms with E-state index in [1.807, 2.05) is 6.92 Å². The standard InChI is InChI=1S/C23H24ClFN4O2/c1-15-5-7-17(28-9-3-4-10-28)12-20(15)26-23-27-22(30)21(31-2)14-29(23)13-16-6-8-19(25)18(24)11-16/h5-8,11-12,14H,3-4,9-10,13H2,1-2H3,(H,26,27,30). The SMILES string of the molecule is COc1cn(Cc2ccc(F)c(Cl)c2)c(Nc2cc(N3CCCC3)ccc2C)nc1=O. The van der Waals surface area contributed by atoms with E-state index < -0.39 is 11.4 Å². The summed E-state index contributed by atoms with van der Waals surface area (Å²) in [5.41, 5.74) is 3.34. The van der Waals surface area contributed by atoms with Crippen LogP contribution in [0.3, 0.4) is 0 Å². The zero-order valence-corrected chi connectivity index (χ0v) is 18.2. The summed E-state index contributed by atoms with van der Waals surface area (Å²) in [6, 6.07) is 10.8. The monoisotopic (exact) mass is 442 g/mol. The Morgan fingerprint density at radius 2 is 1.97 bits per heavy atom. The number of hydrogen-bond acceptors (Lipinski definition) is 5. The van der Waals surface area contributed by atoms with Gasteiger partial charge in [0.1, 0.15) is 5.82 Å². The number of anilines is 3. The Hall–Kier alpha value is -3.06. The van der Waals surface area contributed by atoms with E-state index in [4.69, 9.17) is 16.3 Å². The van der Waals surface area contributed by atoms with Gasteiger partial charge >= 0.3 is 5.56 Å². The second kappa shape index (κ2) is 8.98. The van der Waals surface area contributed by atoms with E-state index in [0.29, 0.717) is 12.5 Å². The van der Waals surface area contributed by atoms with Crippen LogP contribution in [0.1, 0.15) is 24.0 Å². The van der Waals surface area contributed by atoms with E-state index >= 15 is 0 Å². The molecule has 162 valence electrons. The first-order chi connectivity index (χ1) is 14.9. The molecule has 1 fully saturated rings. The molecule has 1 aliphatic heterocycles. The lowest BCUT2D eigenvalue weighted by Crippen LogP contribution is -2.20. The van der Waals surface area contributed by atoms with Crippen molar-refractivity contribution in [3.8, 4) is 5.75 Å². The molecule has 8 heteroatoms. The number of methoxy groups -OCH3 is 1. The van der Waals surface area contributed by atoms with E-state index in [-0.39, 0.29) is 10.8 Å².